The molecule has 2 N–H and O–H groups in total. The van der Waals surface area contributed by atoms with Crippen molar-refractivity contribution in [3.63, 3.8) is 0 Å². The van der Waals surface area contributed by atoms with E-state index in [-0.39, 0.29) is 11.8 Å². The number of hydrogen-bond donors (Lipinski definition) is 2. The average Bonchev–Trinajstić information content (AvgIpc) is 3.26. The number of fused-ring (bicyclic) bond motifs is 1. The van der Waals surface area contributed by atoms with Crippen LogP contribution in [0.15, 0.2) is 78.9 Å². The van der Waals surface area contributed by atoms with Crippen molar-refractivity contribution in [2.75, 3.05) is 0 Å². The highest BCUT2D eigenvalue weighted by molar-refractivity contribution is 5.79. The molecule has 4 nitrogen and oxygen atoms in total. The van der Waals surface area contributed by atoms with Crippen LogP contribution in [0.3, 0.4) is 0 Å². The molecule has 1 aromatic heterocycles. The van der Waals surface area contributed by atoms with Crippen LogP contribution in [0.4, 0.5) is 0 Å². The van der Waals surface area contributed by atoms with Gasteiger partial charge in [0, 0.05) is 18.9 Å². The van der Waals surface area contributed by atoms with E-state index in [0.29, 0.717) is 12.5 Å². The number of hydrogen-bond acceptors (Lipinski definition) is 2. The highest BCUT2D eigenvalue weighted by Gasteiger charge is 2.27. The van der Waals surface area contributed by atoms with Gasteiger partial charge in [-0.1, -0.05) is 66.7 Å². The van der Waals surface area contributed by atoms with Gasteiger partial charge in [0.2, 0.25) is 5.91 Å². The van der Waals surface area contributed by atoms with Crippen molar-refractivity contribution in [3.8, 4) is 11.1 Å². The molecule has 0 aliphatic heterocycles. The number of nitrogens with one attached hydrogen (secondary N) is 2. The first-order chi connectivity index (χ1) is 15.8. The van der Waals surface area contributed by atoms with Gasteiger partial charge in [-0.3, -0.25) is 4.79 Å². The maximum absolute atomic E-state index is 12.9. The van der Waals surface area contributed by atoms with Crippen LogP contribution in [-0.4, -0.2) is 15.9 Å². The molecule has 1 heterocycles. The van der Waals surface area contributed by atoms with E-state index < -0.39 is 0 Å². The Morgan fingerprint density at radius 3 is 2.41 bits per heavy atom. The van der Waals surface area contributed by atoms with Crippen molar-refractivity contribution in [2.24, 2.45) is 11.8 Å². The zero-order valence-electron chi connectivity index (χ0n) is 18.3. The smallest absolute Gasteiger partial charge is 0.223 e. The number of amides is 1. The Morgan fingerprint density at radius 2 is 1.59 bits per heavy atom. The second-order valence-electron chi connectivity index (χ2n) is 8.86. The molecule has 1 aliphatic carbocycles. The summed E-state index contributed by atoms with van der Waals surface area (Å²) < 4.78 is 0. The highest BCUT2D eigenvalue weighted by atomic mass is 16.1. The molecule has 4 aromatic rings. The van der Waals surface area contributed by atoms with Crippen LogP contribution in [0.5, 0.6) is 0 Å². The van der Waals surface area contributed by atoms with E-state index in [1.54, 1.807) is 0 Å². The molecule has 0 radical (unpaired) electrons. The molecule has 1 amide bonds. The molecule has 162 valence electrons. The molecule has 3 aromatic carbocycles. The molecule has 1 saturated carbocycles. The van der Waals surface area contributed by atoms with Crippen molar-refractivity contribution in [2.45, 2.75) is 38.6 Å². The number of aromatic amines is 1. The number of para-hydroxylation sites is 2. The van der Waals surface area contributed by atoms with Crippen LogP contribution in [-0.2, 0) is 17.8 Å². The highest BCUT2D eigenvalue weighted by Crippen LogP contribution is 2.31. The summed E-state index contributed by atoms with van der Waals surface area (Å²) in [6, 6.07) is 26.9. The number of H-pyrrole nitrogens is 1. The van der Waals surface area contributed by atoms with Gasteiger partial charge in [0.05, 0.1) is 11.0 Å². The Hall–Kier alpha value is -3.40. The molecule has 0 saturated heterocycles. The second-order valence-corrected chi connectivity index (χ2v) is 8.86. The van der Waals surface area contributed by atoms with Gasteiger partial charge in [-0.2, -0.15) is 0 Å². The lowest BCUT2D eigenvalue weighted by Gasteiger charge is -2.27. The van der Waals surface area contributed by atoms with E-state index in [1.165, 1.54) is 11.1 Å². The van der Waals surface area contributed by atoms with E-state index in [9.17, 15) is 4.79 Å². The largest absolute Gasteiger partial charge is 0.352 e. The monoisotopic (exact) mass is 423 g/mol. The number of imidazole rings is 1. The molecule has 5 rings (SSSR count). The van der Waals surface area contributed by atoms with E-state index in [0.717, 1.165) is 54.5 Å². The van der Waals surface area contributed by atoms with E-state index in [2.05, 4.69) is 58.8 Å². The zero-order valence-corrected chi connectivity index (χ0v) is 18.3. The lowest BCUT2D eigenvalue weighted by molar-refractivity contribution is -0.126. The van der Waals surface area contributed by atoms with Gasteiger partial charge in [0.15, 0.2) is 0 Å². The van der Waals surface area contributed by atoms with E-state index in [1.807, 2.05) is 30.3 Å². The molecule has 4 heteroatoms. The van der Waals surface area contributed by atoms with Crippen molar-refractivity contribution < 1.29 is 4.79 Å². The molecule has 0 spiro atoms. The van der Waals surface area contributed by atoms with Gasteiger partial charge in [-0.05, 0) is 60.4 Å². The van der Waals surface area contributed by atoms with Gasteiger partial charge >= 0.3 is 0 Å². The first-order valence-electron chi connectivity index (χ1n) is 11.6. The molecular formula is C28H29N3O. The number of rotatable bonds is 6. The third-order valence-corrected chi connectivity index (χ3v) is 6.69. The minimum Gasteiger partial charge on any atom is -0.352 e. The fourth-order valence-electron chi connectivity index (χ4n) is 4.90. The van der Waals surface area contributed by atoms with E-state index >= 15 is 0 Å². The summed E-state index contributed by atoms with van der Waals surface area (Å²) in [5.74, 6) is 1.97. The standard InChI is InChI=1S/C28H29N3O/c32-28(29-19-23-10-4-5-11-24(23)21-8-2-1-3-9-21)22-16-14-20(15-17-22)18-27-30-25-12-6-7-13-26(25)31-27/h1-13,20,22H,14-19H2,(H,29,32)(H,30,31). The fourth-order valence-corrected chi connectivity index (χ4v) is 4.90. The van der Waals surface area contributed by atoms with Crippen molar-refractivity contribution in [1.82, 2.24) is 15.3 Å². The van der Waals surface area contributed by atoms with Crippen LogP contribution in [0.2, 0.25) is 0 Å². The molecule has 1 aliphatic rings. The van der Waals surface area contributed by atoms with Crippen LogP contribution >= 0.6 is 0 Å². The molecule has 0 atom stereocenters. The maximum Gasteiger partial charge on any atom is 0.223 e. The summed E-state index contributed by atoms with van der Waals surface area (Å²) >= 11 is 0. The molecule has 1 fully saturated rings. The number of aromatic nitrogens is 2. The first-order valence-corrected chi connectivity index (χ1v) is 11.6. The van der Waals surface area contributed by atoms with Crippen LogP contribution in [0.1, 0.15) is 37.1 Å². The van der Waals surface area contributed by atoms with Crippen LogP contribution in [0.25, 0.3) is 22.2 Å². The number of nitrogens with zero attached hydrogens (tertiary/aromatic N) is 1. The SMILES string of the molecule is O=C(NCc1ccccc1-c1ccccc1)C1CCC(Cc2nc3ccccc3[nH]2)CC1. The predicted molar refractivity (Wildman–Crippen MR) is 129 cm³/mol. The quantitative estimate of drug-likeness (QED) is 0.406. The summed E-state index contributed by atoms with van der Waals surface area (Å²) in [5.41, 5.74) is 5.66. The lowest BCUT2D eigenvalue weighted by atomic mass is 9.80. The summed E-state index contributed by atoms with van der Waals surface area (Å²) in [5, 5.41) is 3.20. The van der Waals surface area contributed by atoms with Gasteiger partial charge in [0.25, 0.3) is 0 Å². The van der Waals surface area contributed by atoms with Crippen LogP contribution < -0.4 is 5.32 Å². The van der Waals surface area contributed by atoms with Crippen molar-refractivity contribution in [1.29, 1.82) is 0 Å². The molecule has 32 heavy (non-hydrogen) atoms. The Labute approximate surface area is 189 Å². The third-order valence-electron chi connectivity index (χ3n) is 6.69. The Kier molecular flexibility index (Phi) is 6.02. The van der Waals surface area contributed by atoms with Gasteiger partial charge in [-0.25, -0.2) is 4.98 Å². The van der Waals surface area contributed by atoms with Crippen molar-refractivity contribution in [3.05, 3.63) is 90.3 Å². The van der Waals surface area contributed by atoms with Crippen LogP contribution in [0, 0.1) is 11.8 Å². The van der Waals surface area contributed by atoms with Crippen molar-refractivity contribution >= 4 is 16.9 Å². The Bertz CT molecular complexity index is 1160. The minimum absolute atomic E-state index is 0.116. The predicted octanol–water partition coefficient (Wildman–Crippen LogP) is 5.90. The topological polar surface area (TPSA) is 57.8 Å². The number of carbonyl (C=O) groups is 1. The number of benzene rings is 3. The summed E-state index contributed by atoms with van der Waals surface area (Å²) in [7, 11) is 0. The number of carbonyl (C=O) groups excluding carboxylic acids is 1. The Balaban J connectivity index is 1.14. The zero-order chi connectivity index (χ0) is 21.8. The van der Waals surface area contributed by atoms with Gasteiger partial charge in [0.1, 0.15) is 5.82 Å². The molecular weight excluding hydrogens is 394 g/mol. The molecule has 0 unspecified atom stereocenters. The average molecular weight is 424 g/mol. The third kappa shape index (κ3) is 4.59. The summed E-state index contributed by atoms with van der Waals surface area (Å²) in [4.78, 5) is 21.0. The second kappa shape index (κ2) is 9.39. The molecule has 0 bridgehead atoms. The van der Waals surface area contributed by atoms with Gasteiger partial charge in [-0.15, -0.1) is 0 Å². The summed E-state index contributed by atoms with van der Waals surface area (Å²) in [6.07, 6.45) is 5.03. The Morgan fingerprint density at radius 1 is 0.875 bits per heavy atom. The minimum atomic E-state index is 0.116. The fraction of sp³-hybridized carbons (Fsp3) is 0.286. The van der Waals surface area contributed by atoms with Gasteiger partial charge < -0.3 is 10.3 Å². The summed E-state index contributed by atoms with van der Waals surface area (Å²) in [6.45, 7) is 0.572. The first kappa shape index (κ1) is 20.5. The maximum atomic E-state index is 12.9. The van der Waals surface area contributed by atoms with E-state index in [4.69, 9.17) is 4.98 Å². The normalized spacial score (nSPS) is 18.5. The lowest BCUT2D eigenvalue weighted by Crippen LogP contribution is -2.33.